The van der Waals surface area contributed by atoms with Crippen LogP contribution in [0.5, 0.6) is 0 Å². The van der Waals surface area contributed by atoms with Crippen LogP contribution in [0.25, 0.3) is 5.70 Å². The first kappa shape index (κ1) is 18.8. The maximum Gasteiger partial charge on any atom is 0.276 e. The third kappa shape index (κ3) is 3.58. The Balaban J connectivity index is 1.54. The van der Waals surface area contributed by atoms with Gasteiger partial charge in [0.05, 0.1) is 11.1 Å². The van der Waals surface area contributed by atoms with Crippen molar-refractivity contribution in [3.63, 3.8) is 0 Å². The molecule has 1 aromatic heterocycles. The molecule has 2 aliphatic heterocycles. The van der Waals surface area contributed by atoms with Crippen LogP contribution in [0.4, 0.5) is 0 Å². The Labute approximate surface area is 182 Å². The number of amidine groups is 1. The number of hydrazone groups is 1. The number of hydrogen-bond donors (Lipinski definition) is 1. The van der Waals surface area contributed by atoms with E-state index in [-0.39, 0.29) is 5.91 Å². The van der Waals surface area contributed by atoms with Crippen LogP contribution in [0.1, 0.15) is 17.4 Å². The van der Waals surface area contributed by atoms with Gasteiger partial charge in [0.15, 0.2) is 11.3 Å². The van der Waals surface area contributed by atoms with Gasteiger partial charge in [-0.3, -0.25) is 20.1 Å². The van der Waals surface area contributed by atoms with Crippen LogP contribution in [-0.2, 0) is 10.5 Å². The zero-order valence-electron chi connectivity index (χ0n) is 15.7. The molecule has 30 heavy (non-hydrogen) atoms. The van der Waals surface area contributed by atoms with E-state index in [4.69, 9.17) is 21.7 Å². The molecule has 3 aromatic rings. The lowest BCUT2D eigenvalue weighted by atomic mass is 10.1. The van der Waals surface area contributed by atoms with E-state index in [0.29, 0.717) is 21.6 Å². The Bertz CT molecular complexity index is 1260. The number of pyridine rings is 1. The topological polar surface area (TPSA) is 70.0 Å². The van der Waals surface area contributed by atoms with Gasteiger partial charge < -0.3 is 0 Å². The van der Waals surface area contributed by atoms with Crippen LogP contribution >= 0.6 is 23.4 Å². The molecule has 8 heteroatoms. The van der Waals surface area contributed by atoms with Crippen molar-refractivity contribution in [1.82, 2.24) is 15.3 Å². The number of halogens is 1. The Kier molecular flexibility index (Phi) is 4.98. The van der Waals surface area contributed by atoms with E-state index in [1.54, 1.807) is 11.2 Å². The van der Waals surface area contributed by atoms with E-state index < -0.39 is 6.17 Å². The molecule has 5 rings (SSSR count). The van der Waals surface area contributed by atoms with Crippen molar-refractivity contribution in [3.8, 4) is 0 Å². The fraction of sp³-hybridized carbons (Fsp3) is 0.0909. The molecule has 6 nitrogen and oxygen atoms in total. The molecule has 0 fully saturated rings. The summed E-state index contributed by atoms with van der Waals surface area (Å²) in [7, 11) is 0. The molecule has 0 aliphatic carbocycles. The standard InChI is InChI=1S/C22H16ClN5OS/c23-15-10-8-14(9-11-15)13-30-22-26-21(29)19-16-5-1-2-6-17(16)25-20(28(19)27-22)18-7-3-4-12-24-18/h1-12,20H,13H2,(H,26,27,29). The molecular formula is C22H16ClN5OS. The molecule has 0 saturated carbocycles. The number of thioether (sulfide) groups is 1. The molecule has 1 atom stereocenters. The van der Waals surface area contributed by atoms with Crippen LogP contribution in [0.3, 0.4) is 0 Å². The number of carbonyl (C=O) groups excluding carboxylic acids is 1. The molecule has 0 bridgehead atoms. The number of nitrogens with one attached hydrogen (secondary N) is 1. The van der Waals surface area contributed by atoms with Crippen LogP contribution in [0, 0.1) is 0 Å². The molecule has 2 aliphatic rings. The molecule has 148 valence electrons. The zero-order chi connectivity index (χ0) is 20.5. The Morgan fingerprint density at radius 3 is 2.63 bits per heavy atom. The van der Waals surface area contributed by atoms with Gasteiger partial charge in [-0.2, -0.15) is 0 Å². The molecule has 2 aromatic carbocycles. The van der Waals surface area contributed by atoms with Crippen molar-refractivity contribution >= 4 is 40.1 Å². The molecular weight excluding hydrogens is 418 g/mol. The number of aromatic nitrogens is 1. The summed E-state index contributed by atoms with van der Waals surface area (Å²) >= 11 is 7.41. The lowest BCUT2D eigenvalue weighted by Crippen LogP contribution is -2.50. The maximum absolute atomic E-state index is 13.1. The highest BCUT2D eigenvalue weighted by atomic mass is 35.5. The number of rotatable bonds is 3. The number of nitrogens with zero attached hydrogens (tertiary/aromatic N) is 4. The number of fused-ring (bicyclic) bond motifs is 2. The Morgan fingerprint density at radius 1 is 1.03 bits per heavy atom. The molecule has 0 saturated heterocycles. The summed E-state index contributed by atoms with van der Waals surface area (Å²) < 4.78 is 0. The lowest BCUT2D eigenvalue weighted by Gasteiger charge is -2.33. The van der Waals surface area contributed by atoms with Crippen molar-refractivity contribution in [1.29, 1.82) is 0 Å². The number of hydrogen-bond acceptors (Lipinski definition) is 6. The average Bonchev–Trinajstić information content (AvgIpc) is 2.78. The largest absolute Gasteiger partial charge is 0.298 e. The third-order valence-electron chi connectivity index (χ3n) is 4.76. The highest BCUT2D eigenvalue weighted by Gasteiger charge is 2.34. The molecule has 0 spiro atoms. The van der Waals surface area contributed by atoms with Gasteiger partial charge in [0.2, 0.25) is 0 Å². The second-order valence-corrected chi connectivity index (χ2v) is 8.14. The second-order valence-electron chi connectivity index (χ2n) is 6.74. The van der Waals surface area contributed by atoms with Gasteiger partial charge >= 0.3 is 0 Å². The summed E-state index contributed by atoms with van der Waals surface area (Å²) in [5.74, 6) is 0.452. The minimum atomic E-state index is -0.506. The fourth-order valence-electron chi connectivity index (χ4n) is 3.35. The summed E-state index contributed by atoms with van der Waals surface area (Å²) in [5.41, 5.74) is 2.29. The number of para-hydroxylation sites is 1. The number of amides is 1. The monoisotopic (exact) mass is 433 g/mol. The van der Waals surface area contributed by atoms with E-state index in [9.17, 15) is 4.79 Å². The van der Waals surface area contributed by atoms with Gasteiger partial charge in [-0.15, -0.1) is 5.10 Å². The minimum absolute atomic E-state index is 0.202. The van der Waals surface area contributed by atoms with Crippen molar-refractivity contribution in [2.45, 2.75) is 11.9 Å². The van der Waals surface area contributed by atoms with Gasteiger partial charge in [-0.1, -0.05) is 59.8 Å². The Hall–Kier alpha value is -3.16. The highest BCUT2D eigenvalue weighted by molar-refractivity contribution is 8.13. The first-order valence-electron chi connectivity index (χ1n) is 9.33. The lowest BCUT2D eigenvalue weighted by molar-refractivity contribution is -0.116. The smallest absolute Gasteiger partial charge is 0.276 e. The van der Waals surface area contributed by atoms with Crippen LogP contribution in [-0.4, -0.2) is 21.1 Å². The number of carbonyl (C=O) groups is 1. The summed E-state index contributed by atoms with van der Waals surface area (Å²) in [6, 6.07) is 20.9. The van der Waals surface area contributed by atoms with Crippen LogP contribution < -0.4 is 15.9 Å². The second kappa shape index (κ2) is 7.93. The SMILES string of the molecule is O=C1NC(SCc2ccc(Cl)cc2)=NN2C1=c1ccccc1=NC2c1ccccn1. The predicted molar refractivity (Wildman–Crippen MR) is 118 cm³/mol. The van der Waals surface area contributed by atoms with Gasteiger partial charge in [-0.25, -0.2) is 5.01 Å². The van der Waals surface area contributed by atoms with E-state index in [1.807, 2.05) is 66.7 Å². The first-order chi connectivity index (χ1) is 14.7. The average molecular weight is 434 g/mol. The normalized spacial score (nSPS) is 17.4. The molecule has 1 unspecified atom stereocenters. The predicted octanol–water partition coefficient (Wildman–Crippen LogP) is 2.81. The quantitative estimate of drug-likeness (QED) is 0.689. The molecule has 3 heterocycles. The van der Waals surface area contributed by atoms with E-state index in [2.05, 4.69) is 10.3 Å². The summed E-state index contributed by atoms with van der Waals surface area (Å²) in [6.45, 7) is 0. The van der Waals surface area contributed by atoms with Crippen LogP contribution in [0.15, 0.2) is 83.0 Å². The first-order valence-corrected chi connectivity index (χ1v) is 10.7. The van der Waals surface area contributed by atoms with E-state index in [1.165, 1.54) is 11.8 Å². The molecule has 1 amide bonds. The minimum Gasteiger partial charge on any atom is -0.298 e. The van der Waals surface area contributed by atoms with Crippen molar-refractivity contribution in [3.05, 3.63) is 99.8 Å². The van der Waals surface area contributed by atoms with E-state index >= 15 is 0 Å². The molecule has 1 N–H and O–H groups in total. The third-order valence-corrected chi connectivity index (χ3v) is 5.94. The summed E-state index contributed by atoms with van der Waals surface area (Å²) in [4.78, 5) is 22.3. The maximum atomic E-state index is 13.1. The van der Waals surface area contributed by atoms with Gasteiger partial charge in [0.1, 0.15) is 5.70 Å². The highest BCUT2D eigenvalue weighted by Crippen LogP contribution is 2.30. The fourth-order valence-corrected chi connectivity index (χ4v) is 4.28. The van der Waals surface area contributed by atoms with Crippen LogP contribution in [0.2, 0.25) is 5.02 Å². The van der Waals surface area contributed by atoms with E-state index in [0.717, 1.165) is 21.8 Å². The summed E-state index contributed by atoms with van der Waals surface area (Å²) in [6.07, 6.45) is 1.21. The number of benzene rings is 2. The van der Waals surface area contributed by atoms with Crippen molar-refractivity contribution in [2.24, 2.45) is 10.1 Å². The van der Waals surface area contributed by atoms with Gasteiger partial charge in [0.25, 0.3) is 5.91 Å². The zero-order valence-corrected chi connectivity index (χ0v) is 17.3. The Morgan fingerprint density at radius 2 is 1.83 bits per heavy atom. The van der Waals surface area contributed by atoms with Gasteiger partial charge in [0, 0.05) is 22.2 Å². The molecule has 0 radical (unpaired) electrons. The van der Waals surface area contributed by atoms with Gasteiger partial charge in [-0.05, 0) is 35.9 Å². The van der Waals surface area contributed by atoms with Crippen molar-refractivity contribution < 1.29 is 4.79 Å². The summed E-state index contributed by atoms with van der Waals surface area (Å²) in [5, 5.41) is 12.0. The van der Waals surface area contributed by atoms with Crippen molar-refractivity contribution in [2.75, 3.05) is 0 Å².